The van der Waals surface area contributed by atoms with E-state index in [9.17, 15) is 9.59 Å². The summed E-state index contributed by atoms with van der Waals surface area (Å²) in [5, 5.41) is 3.11. The lowest BCUT2D eigenvalue weighted by Crippen LogP contribution is -2.31. The predicted octanol–water partition coefficient (Wildman–Crippen LogP) is 4.07. The lowest BCUT2D eigenvalue weighted by molar-refractivity contribution is -0.124. The third-order valence-corrected chi connectivity index (χ3v) is 4.30. The number of rotatable bonds is 6. The molecule has 0 aliphatic heterocycles. The van der Waals surface area contributed by atoms with Crippen molar-refractivity contribution < 1.29 is 14.3 Å². The minimum absolute atomic E-state index is 0.113. The summed E-state index contributed by atoms with van der Waals surface area (Å²) in [6, 6.07) is 14.5. The van der Waals surface area contributed by atoms with Crippen LogP contribution >= 0.6 is 23.2 Å². The van der Waals surface area contributed by atoms with E-state index in [1.807, 2.05) is 37.3 Å². The van der Waals surface area contributed by atoms with Crippen LogP contribution in [0.3, 0.4) is 0 Å². The number of carbonyl (C=O) groups excluding carboxylic acids is 2. The average molecular weight is 366 g/mol. The van der Waals surface area contributed by atoms with Gasteiger partial charge < -0.3 is 10.1 Å². The van der Waals surface area contributed by atoms with Gasteiger partial charge >= 0.3 is 5.97 Å². The van der Waals surface area contributed by atoms with Crippen LogP contribution in [0.5, 0.6) is 0 Å². The molecule has 0 saturated heterocycles. The van der Waals surface area contributed by atoms with Crippen LogP contribution in [0.25, 0.3) is 0 Å². The first-order valence-electron chi connectivity index (χ1n) is 7.42. The molecule has 0 radical (unpaired) electrons. The molecule has 0 saturated carbocycles. The first kappa shape index (κ1) is 18.3. The summed E-state index contributed by atoms with van der Waals surface area (Å²) in [4.78, 5) is 23.8. The first-order valence-corrected chi connectivity index (χ1v) is 8.17. The lowest BCUT2D eigenvalue weighted by Gasteiger charge is -2.13. The molecule has 24 heavy (non-hydrogen) atoms. The fraction of sp³-hybridized carbons (Fsp3) is 0.222. The molecule has 0 aliphatic rings. The molecule has 0 fully saturated rings. The van der Waals surface area contributed by atoms with Crippen molar-refractivity contribution >= 4 is 35.1 Å². The molecule has 4 nitrogen and oxygen atoms in total. The van der Waals surface area contributed by atoms with Gasteiger partial charge in [-0.05, 0) is 23.6 Å². The van der Waals surface area contributed by atoms with E-state index in [0.717, 1.165) is 5.56 Å². The Morgan fingerprint density at radius 1 is 1.08 bits per heavy atom. The van der Waals surface area contributed by atoms with Crippen LogP contribution in [-0.2, 0) is 9.53 Å². The summed E-state index contributed by atoms with van der Waals surface area (Å²) in [5.74, 6) is -0.897. The minimum atomic E-state index is -0.686. The predicted molar refractivity (Wildman–Crippen MR) is 94.6 cm³/mol. The van der Waals surface area contributed by atoms with Gasteiger partial charge in [0.1, 0.15) is 0 Å². The number of ether oxygens (including phenoxy) is 1. The largest absolute Gasteiger partial charge is 0.452 e. The van der Waals surface area contributed by atoms with Crippen molar-refractivity contribution in [3.63, 3.8) is 0 Å². The average Bonchev–Trinajstić information content (AvgIpc) is 2.60. The SMILES string of the molecule is C[C@@H](CNC(=O)COC(=O)c1cccc(Cl)c1Cl)c1ccccc1. The van der Waals surface area contributed by atoms with Gasteiger partial charge in [-0.25, -0.2) is 4.79 Å². The van der Waals surface area contributed by atoms with Crippen molar-refractivity contribution in [2.75, 3.05) is 13.2 Å². The van der Waals surface area contributed by atoms with Crippen molar-refractivity contribution in [3.8, 4) is 0 Å². The zero-order chi connectivity index (χ0) is 17.5. The van der Waals surface area contributed by atoms with Gasteiger partial charge in [0, 0.05) is 6.54 Å². The van der Waals surface area contributed by atoms with E-state index in [-0.39, 0.29) is 34.0 Å². The van der Waals surface area contributed by atoms with Crippen LogP contribution in [0.1, 0.15) is 28.8 Å². The quantitative estimate of drug-likeness (QED) is 0.784. The summed E-state index contributed by atoms with van der Waals surface area (Å²) in [5.41, 5.74) is 1.26. The number of esters is 1. The highest BCUT2D eigenvalue weighted by molar-refractivity contribution is 6.43. The molecule has 2 rings (SSSR count). The molecule has 0 spiro atoms. The summed E-state index contributed by atoms with van der Waals surface area (Å²) in [6.07, 6.45) is 0. The number of halogens is 2. The number of benzene rings is 2. The van der Waals surface area contributed by atoms with Gasteiger partial charge in [0.25, 0.3) is 5.91 Å². The molecule has 126 valence electrons. The van der Waals surface area contributed by atoms with Crippen molar-refractivity contribution in [1.82, 2.24) is 5.32 Å². The van der Waals surface area contributed by atoms with E-state index in [0.29, 0.717) is 6.54 Å². The number of amides is 1. The maximum absolute atomic E-state index is 11.9. The summed E-state index contributed by atoms with van der Waals surface area (Å²) in [7, 11) is 0. The summed E-state index contributed by atoms with van der Waals surface area (Å²) < 4.78 is 4.97. The number of nitrogens with one attached hydrogen (secondary N) is 1. The van der Waals surface area contributed by atoms with E-state index < -0.39 is 5.97 Å². The minimum Gasteiger partial charge on any atom is -0.452 e. The van der Waals surface area contributed by atoms with E-state index >= 15 is 0 Å². The number of hydrogen-bond donors (Lipinski definition) is 1. The Morgan fingerprint density at radius 2 is 1.79 bits per heavy atom. The molecule has 0 bridgehead atoms. The molecule has 0 aliphatic carbocycles. The zero-order valence-corrected chi connectivity index (χ0v) is 14.6. The second kappa shape index (κ2) is 8.71. The van der Waals surface area contributed by atoms with Crippen LogP contribution < -0.4 is 5.32 Å². The molecule has 0 heterocycles. The molecule has 1 atom stereocenters. The third kappa shape index (κ3) is 4.98. The maximum atomic E-state index is 11.9. The topological polar surface area (TPSA) is 55.4 Å². The fourth-order valence-electron chi connectivity index (χ4n) is 2.09. The molecular formula is C18H17Cl2NO3. The van der Waals surface area contributed by atoms with Gasteiger partial charge in [0.15, 0.2) is 6.61 Å². The number of carbonyl (C=O) groups is 2. The molecular weight excluding hydrogens is 349 g/mol. The Balaban J connectivity index is 1.81. The Labute approximate surface area is 150 Å². The van der Waals surface area contributed by atoms with E-state index in [1.165, 1.54) is 6.07 Å². The zero-order valence-electron chi connectivity index (χ0n) is 13.1. The second-order valence-corrected chi connectivity index (χ2v) is 6.08. The van der Waals surface area contributed by atoms with E-state index in [1.54, 1.807) is 12.1 Å². The normalized spacial score (nSPS) is 11.6. The van der Waals surface area contributed by atoms with Gasteiger partial charge in [0.05, 0.1) is 15.6 Å². The third-order valence-electron chi connectivity index (χ3n) is 3.48. The second-order valence-electron chi connectivity index (χ2n) is 5.29. The van der Waals surface area contributed by atoms with Crippen molar-refractivity contribution in [1.29, 1.82) is 0 Å². The van der Waals surface area contributed by atoms with Gasteiger partial charge in [-0.2, -0.15) is 0 Å². The Kier molecular flexibility index (Phi) is 6.64. The van der Waals surface area contributed by atoms with Crippen LogP contribution in [0.15, 0.2) is 48.5 Å². The van der Waals surface area contributed by atoms with E-state index in [2.05, 4.69) is 5.32 Å². The van der Waals surface area contributed by atoms with Crippen molar-refractivity contribution in [2.45, 2.75) is 12.8 Å². The summed E-state index contributed by atoms with van der Waals surface area (Å²) >= 11 is 11.8. The van der Waals surface area contributed by atoms with Crippen LogP contribution in [0.4, 0.5) is 0 Å². The highest BCUT2D eigenvalue weighted by atomic mass is 35.5. The van der Waals surface area contributed by atoms with Gasteiger partial charge in [-0.1, -0.05) is 66.5 Å². The van der Waals surface area contributed by atoms with Crippen LogP contribution in [0, 0.1) is 0 Å². The molecule has 6 heteroatoms. The molecule has 1 amide bonds. The molecule has 2 aromatic rings. The first-order chi connectivity index (χ1) is 11.5. The molecule has 1 N–H and O–H groups in total. The Hall–Kier alpha value is -2.04. The summed E-state index contributed by atoms with van der Waals surface area (Å²) in [6.45, 7) is 2.09. The van der Waals surface area contributed by atoms with Gasteiger partial charge in [-0.15, -0.1) is 0 Å². The Bertz CT molecular complexity index is 719. The van der Waals surface area contributed by atoms with E-state index in [4.69, 9.17) is 27.9 Å². The van der Waals surface area contributed by atoms with Crippen LogP contribution in [-0.4, -0.2) is 25.0 Å². The monoisotopic (exact) mass is 365 g/mol. The standard InChI is InChI=1S/C18H17Cl2NO3/c1-12(13-6-3-2-4-7-13)10-21-16(22)11-24-18(23)14-8-5-9-15(19)17(14)20/h2-9,12H,10-11H2,1H3,(H,21,22)/t12-/m0/s1. The maximum Gasteiger partial charge on any atom is 0.340 e. The lowest BCUT2D eigenvalue weighted by atomic mass is 10.0. The highest BCUT2D eigenvalue weighted by Crippen LogP contribution is 2.25. The smallest absolute Gasteiger partial charge is 0.340 e. The molecule has 0 unspecified atom stereocenters. The van der Waals surface area contributed by atoms with Gasteiger partial charge in [0.2, 0.25) is 0 Å². The van der Waals surface area contributed by atoms with Gasteiger partial charge in [-0.3, -0.25) is 4.79 Å². The van der Waals surface area contributed by atoms with Crippen LogP contribution in [0.2, 0.25) is 10.0 Å². The molecule has 0 aromatic heterocycles. The fourth-order valence-corrected chi connectivity index (χ4v) is 2.47. The number of hydrogen-bond acceptors (Lipinski definition) is 3. The molecule has 2 aromatic carbocycles. The highest BCUT2D eigenvalue weighted by Gasteiger charge is 2.15. The Morgan fingerprint density at radius 3 is 2.50 bits per heavy atom. The van der Waals surface area contributed by atoms with Crippen molar-refractivity contribution in [3.05, 3.63) is 69.7 Å². The van der Waals surface area contributed by atoms with Crippen molar-refractivity contribution in [2.24, 2.45) is 0 Å².